The van der Waals surface area contributed by atoms with Gasteiger partial charge in [0.15, 0.2) is 11.9 Å². The van der Waals surface area contributed by atoms with Gasteiger partial charge in [-0.2, -0.15) is 0 Å². The summed E-state index contributed by atoms with van der Waals surface area (Å²) >= 11 is 0. The Labute approximate surface area is 250 Å². The van der Waals surface area contributed by atoms with Crippen molar-refractivity contribution in [3.05, 3.63) is 35.9 Å². The number of nitrogens with one attached hydrogen (secondary N) is 4. The number of carbonyl (C=O) groups excluding carboxylic acids is 4. The number of carboxylic acids is 1. The molecule has 0 aromatic heterocycles. The molecule has 16 nitrogen and oxygen atoms in total. The number of aldehydes is 1. The van der Waals surface area contributed by atoms with Crippen LogP contribution in [0.25, 0.3) is 0 Å². The number of guanidine groups is 2. The molecule has 0 aliphatic rings. The molecule has 1 aromatic rings. The van der Waals surface area contributed by atoms with E-state index < -0.39 is 53.9 Å². The van der Waals surface area contributed by atoms with Gasteiger partial charge in [0.2, 0.25) is 11.8 Å². The zero-order chi connectivity index (χ0) is 32.4. The maximum absolute atomic E-state index is 13.3. The second-order valence-electron chi connectivity index (χ2n) is 10.1. The topological polar surface area (TPSA) is 282 Å². The van der Waals surface area contributed by atoms with E-state index in [0.29, 0.717) is 18.3 Å². The summed E-state index contributed by atoms with van der Waals surface area (Å²) in [6.07, 6.45) is 1.65. The molecule has 0 fully saturated rings. The Balaban J connectivity index is 2.97. The van der Waals surface area contributed by atoms with Crippen molar-refractivity contribution >= 4 is 42.0 Å². The van der Waals surface area contributed by atoms with Crippen molar-refractivity contribution in [2.24, 2.45) is 38.8 Å². The number of carboxylic acid groups (broad SMARTS) is 1. The van der Waals surface area contributed by atoms with Gasteiger partial charge in [-0.3, -0.25) is 19.6 Å². The highest BCUT2D eigenvalue weighted by molar-refractivity contribution is 5.93. The van der Waals surface area contributed by atoms with Crippen molar-refractivity contribution in [1.29, 1.82) is 0 Å². The number of urea groups is 1. The van der Waals surface area contributed by atoms with Crippen LogP contribution >= 0.6 is 0 Å². The Morgan fingerprint density at radius 2 is 1.37 bits per heavy atom. The van der Waals surface area contributed by atoms with E-state index in [-0.39, 0.29) is 50.7 Å². The molecule has 0 radical (unpaired) electrons. The van der Waals surface area contributed by atoms with E-state index in [0.717, 1.165) is 0 Å². The van der Waals surface area contributed by atoms with Gasteiger partial charge in [-0.15, -0.1) is 0 Å². The number of benzene rings is 1. The van der Waals surface area contributed by atoms with Crippen LogP contribution in [0.2, 0.25) is 0 Å². The van der Waals surface area contributed by atoms with Crippen molar-refractivity contribution in [3.63, 3.8) is 0 Å². The number of rotatable bonds is 19. The van der Waals surface area contributed by atoms with Crippen LogP contribution in [0.5, 0.6) is 0 Å². The molecule has 0 saturated heterocycles. The molecule has 0 saturated carbocycles. The Hall–Kier alpha value is -4.89. The van der Waals surface area contributed by atoms with Gasteiger partial charge in [0.25, 0.3) is 0 Å². The molecule has 43 heavy (non-hydrogen) atoms. The summed E-state index contributed by atoms with van der Waals surface area (Å²) < 4.78 is 0. The van der Waals surface area contributed by atoms with Gasteiger partial charge in [0.05, 0.1) is 6.04 Å². The molecule has 2 unspecified atom stereocenters. The summed E-state index contributed by atoms with van der Waals surface area (Å²) in [4.78, 5) is 70.3. The van der Waals surface area contributed by atoms with Gasteiger partial charge in [-0.05, 0) is 37.2 Å². The van der Waals surface area contributed by atoms with Crippen LogP contribution in [0.1, 0.15) is 45.1 Å². The molecule has 0 bridgehead atoms. The Bertz CT molecular complexity index is 1120. The fourth-order valence-electron chi connectivity index (χ4n) is 3.94. The first-order valence-electron chi connectivity index (χ1n) is 13.8. The first-order chi connectivity index (χ1) is 20.3. The Morgan fingerprint density at radius 1 is 0.814 bits per heavy atom. The monoisotopic (exact) mass is 604 g/mol. The first kappa shape index (κ1) is 36.1. The second kappa shape index (κ2) is 19.3. The molecule has 13 N–H and O–H groups in total. The van der Waals surface area contributed by atoms with Crippen LogP contribution in [0.3, 0.4) is 0 Å². The van der Waals surface area contributed by atoms with E-state index in [4.69, 9.17) is 22.9 Å². The van der Waals surface area contributed by atoms with Gasteiger partial charge < -0.3 is 54.1 Å². The minimum atomic E-state index is -1.27. The summed E-state index contributed by atoms with van der Waals surface area (Å²) in [7, 11) is 0. The number of amides is 4. The first-order valence-corrected chi connectivity index (χ1v) is 13.8. The smallest absolute Gasteiger partial charge is 0.326 e. The zero-order valence-electron chi connectivity index (χ0n) is 24.5. The number of aliphatic imine (C=N–C) groups is 2. The lowest BCUT2D eigenvalue weighted by Crippen LogP contribution is -2.58. The minimum Gasteiger partial charge on any atom is -0.480 e. The van der Waals surface area contributed by atoms with Gasteiger partial charge in [0, 0.05) is 19.5 Å². The van der Waals surface area contributed by atoms with E-state index in [2.05, 4.69) is 31.3 Å². The number of hydrogen-bond donors (Lipinski definition) is 9. The third-order valence-electron chi connectivity index (χ3n) is 6.16. The third-order valence-corrected chi connectivity index (χ3v) is 6.16. The molecule has 0 heterocycles. The molecule has 0 spiro atoms. The summed E-state index contributed by atoms with van der Waals surface area (Å²) in [6.45, 7) is 3.84. The lowest BCUT2D eigenvalue weighted by molar-refractivity contribution is -0.139. The lowest BCUT2D eigenvalue weighted by Gasteiger charge is -2.27. The van der Waals surface area contributed by atoms with Crippen molar-refractivity contribution in [3.8, 4) is 0 Å². The third kappa shape index (κ3) is 15.1. The largest absolute Gasteiger partial charge is 0.480 e. The van der Waals surface area contributed by atoms with Crippen molar-refractivity contribution in [2.75, 3.05) is 13.1 Å². The minimum absolute atomic E-state index is 0.0183. The predicted molar refractivity (Wildman–Crippen MR) is 162 cm³/mol. The van der Waals surface area contributed by atoms with Crippen molar-refractivity contribution in [1.82, 2.24) is 21.3 Å². The Morgan fingerprint density at radius 3 is 1.88 bits per heavy atom. The van der Waals surface area contributed by atoms with E-state index in [1.165, 1.54) is 0 Å². The fraction of sp³-hybridized carbons (Fsp3) is 0.519. The van der Waals surface area contributed by atoms with Crippen LogP contribution < -0.4 is 44.2 Å². The second-order valence-corrected chi connectivity index (χ2v) is 10.1. The quantitative estimate of drug-likeness (QED) is 0.0372. The summed E-state index contributed by atoms with van der Waals surface area (Å²) in [6, 6.07) is 3.51. The molecule has 1 aromatic carbocycles. The van der Waals surface area contributed by atoms with Gasteiger partial charge >= 0.3 is 12.0 Å². The van der Waals surface area contributed by atoms with Crippen LogP contribution in [0.15, 0.2) is 40.3 Å². The summed E-state index contributed by atoms with van der Waals surface area (Å²) in [5, 5.41) is 19.7. The normalized spacial score (nSPS) is 13.4. The highest BCUT2D eigenvalue weighted by Gasteiger charge is 2.30. The van der Waals surface area contributed by atoms with Crippen LogP contribution in [0.4, 0.5) is 4.79 Å². The summed E-state index contributed by atoms with van der Waals surface area (Å²) in [5.41, 5.74) is 22.0. The van der Waals surface area contributed by atoms with Gasteiger partial charge in [-0.25, -0.2) is 9.59 Å². The molecule has 16 heteroatoms. The van der Waals surface area contributed by atoms with Gasteiger partial charge in [-0.1, -0.05) is 44.2 Å². The highest BCUT2D eigenvalue weighted by atomic mass is 16.4. The van der Waals surface area contributed by atoms with Crippen molar-refractivity contribution in [2.45, 2.75) is 70.1 Å². The lowest BCUT2D eigenvalue weighted by atomic mass is 10.0. The molecule has 4 amide bonds. The predicted octanol–water partition coefficient (Wildman–Crippen LogP) is -1.72. The summed E-state index contributed by atoms with van der Waals surface area (Å²) in [5.74, 6) is -3.17. The van der Waals surface area contributed by atoms with Crippen LogP contribution in [-0.2, 0) is 25.6 Å². The average Bonchev–Trinajstić information content (AvgIpc) is 2.94. The molecule has 0 aliphatic heterocycles. The number of nitrogens with two attached hydrogens (primary N) is 4. The molecule has 1 rings (SSSR count). The van der Waals surface area contributed by atoms with E-state index in [1.807, 2.05) is 0 Å². The number of nitrogens with zero attached hydrogens (tertiary/aromatic N) is 2. The maximum Gasteiger partial charge on any atom is 0.326 e. The fourth-order valence-corrected chi connectivity index (χ4v) is 3.94. The molecule has 0 aliphatic carbocycles. The SMILES string of the molecule is CC(C)[C@@H](NC(=O)[C@@H](CCCN=C(N)N)NC(=O)NC(Cc1ccccc1)C(=O)O)C(=O)NC(C=O)CCCN=C(N)N. The highest BCUT2D eigenvalue weighted by Crippen LogP contribution is 2.08. The van der Waals surface area contributed by atoms with E-state index in [9.17, 15) is 29.1 Å². The van der Waals surface area contributed by atoms with Crippen LogP contribution in [-0.4, -0.2) is 84.4 Å². The van der Waals surface area contributed by atoms with Crippen LogP contribution in [0, 0.1) is 5.92 Å². The maximum atomic E-state index is 13.3. The molecular formula is C27H44N10O6. The molecular weight excluding hydrogens is 560 g/mol. The van der Waals surface area contributed by atoms with E-state index >= 15 is 0 Å². The standard InChI is InChI=1S/C27H44N10O6/c1-16(2)21(23(40)34-18(15-38)10-6-12-32-25(28)29)37-22(39)19(11-7-13-33-26(30)31)35-27(43)36-20(24(41)42)14-17-8-4-3-5-9-17/h3-5,8-9,15-16,18-21H,6-7,10-14H2,1-2H3,(H,34,40)(H,37,39)(H,41,42)(H4,28,29,32)(H4,30,31,33)(H2,35,36,43)/t18?,19-,20?,21-/m1/s1. The Kier molecular flexibility index (Phi) is 16.2. The number of hydrogen-bond acceptors (Lipinski definition) is 7. The van der Waals surface area contributed by atoms with Crippen molar-refractivity contribution < 1.29 is 29.1 Å². The molecule has 238 valence electrons. The average molecular weight is 605 g/mol. The van der Waals surface area contributed by atoms with Gasteiger partial charge in [0.1, 0.15) is 24.4 Å². The number of carbonyl (C=O) groups is 5. The zero-order valence-corrected chi connectivity index (χ0v) is 24.5. The molecule has 4 atom stereocenters. The number of aliphatic carboxylic acids is 1. The van der Waals surface area contributed by atoms with E-state index in [1.54, 1.807) is 44.2 Å².